The fourth-order valence-corrected chi connectivity index (χ4v) is 2.85. The Hall–Kier alpha value is -1.51. The van der Waals surface area contributed by atoms with Crippen LogP contribution in [0.3, 0.4) is 0 Å². The molecule has 0 spiro atoms. The van der Waals surface area contributed by atoms with Gasteiger partial charge in [0.05, 0.1) is 9.82 Å². The van der Waals surface area contributed by atoms with Crippen molar-refractivity contribution in [3.05, 3.63) is 33.9 Å². The molecule has 7 nitrogen and oxygen atoms in total. The first kappa shape index (κ1) is 15.5. The van der Waals surface area contributed by atoms with Gasteiger partial charge < -0.3 is 5.73 Å². The van der Waals surface area contributed by atoms with Gasteiger partial charge in [-0.2, -0.15) is 0 Å². The summed E-state index contributed by atoms with van der Waals surface area (Å²) in [5.41, 5.74) is 5.20. The van der Waals surface area contributed by atoms with Crippen LogP contribution in [0.4, 0.5) is 5.69 Å². The Labute approximate surface area is 112 Å². The van der Waals surface area contributed by atoms with Crippen molar-refractivity contribution in [3.8, 4) is 0 Å². The Morgan fingerprint density at radius 1 is 1.42 bits per heavy atom. The van der Waals surface area contributed by atoms with Crippen LogP contribution in [0.15, 0.2) is 23.1 Å². The van der Waals surface area contributed by atoms with Crippen LogP contribution in [0.2, 0.25) is 0 Å². The van der Waals surface area contributed by atoms with Gasteiger partial charge in [0, 0.05) is 24.2 Å². The molecular formula is C11H17N3O4S. The summed E-state index contributed by atoms with van der Waals surface area (Å²) in [7, 11) is -3.72. The second-order valence-corrected chi connectivity index (χ2v) is 6.76. The number of nitro groups is 1. The number of rotatable bonds is 5. The number of nitrogens with zero attached hydrogens (tertiary/aromatic N) is 1. The first-order valence-corrected chi connectivity index (χ1v) is 7.05. The van der Waals surface area contributed by atoms with Crippen molar-refractivity contribution in [1.82, 2.24) is 4.72 Å². The van der Waals surface area contributed by atoms with Crippen LogP contribution in [0, 0.1) is 17.0 Å². The average molecular weight is 287 g/mol. The molecule has 8 heteroatoms. The second-order valence-electron chi connectivity index (χ2n) is 5.02. The van der Waals surface area contributed by atoms with Gasteiger partial charge in [-0.05, 0) is 32.4 Å². The van der Waals surface area contributed by atoms with Gasteiger partial charge in [-0.15, -0.1) is 0 Å². The molecule has 0 atom stereocenters. The number of non-ortho nitro benzene ring substituents is 1. The number of benzene rings is 1. The molecule has 1 aromatic rings. The normalized spacial score (nSPS) is 12.4. The lowest BCUT2D eigenvalue weighted by Gasteiger charge is -2.19. The van der Waals surface area contributed by atoms with Crippen LogP contribution >= 0.6 is 0 Å². The van der Waals surface area contributed by atoms with Gasteiger partial charge in [0.15, 0.2) is 0 Å². The Morgan fingerprint density at radius 2 is 2.00 bits per heavy atom. The Kier molecular flexibility index (Phi) is 4.28. The molecule has 0 aliphatic heterocycles. The minimum absolute atomic E-state index is 0.0161. The van der Waals surface area contributed by atoms with E-state index in [0.29, 0.717) is 5.56 Å². The number of nitro benzene ring substituents is 1. The Balaban J connectivity index is 3.06. The number of aryl methyl sites for hydroxylation is 1. The molecule has 1 aromatic carbocycles. The predicted octanol–water partition coefficient (Wildman–Crippen LogP) is 0.919. The van der Waals surface area contributed by atoms with Crippen molar-refractivity contribution in [1.29, 1.82) is 0 Å². The van der Waals surface area contributed by atoms with E-state index >= 15 is 0 Å². The molecule has 106 valence electrons. The highest BCUT2D eigenvalue weighted by Gasteiger charge is 2.21. The lowest BCUT2D eigenvalue weighted by atomic mass is 10.1. The molecule has 3 N–H and O–H groups in total. The smallest absolute Gasteiger partial charge is 0.269 e. The lowest BCUT2D eigenvalue weighted by Crippen LogP contribution is -2.45. The van der Waals surface area contributed by atoms with Gasteiger partial charge in [-0.1, -0.05) is 0 Å². The third-order valence-corrected chi connectivity index (χ3v) is 3.94. The van der Waals surface area contributed by atoms with E-state index in [1.165, 1.54) is 19.1 Å². The van der Waals surface area contributed by atoms with Crippen molar-refractivity contribution in [2.24, 2.45) is 5.73 Å². The highest BCUT2D eigenvalue weighted by Crippen LogP contribution is 2.21. The molecule has 0 saturated carbocycles. The summed E-state index contributed by atoms with van der Waals surface area (Å²) in [5, 5.41) is 10.6. The third kappa shape index (κ3) is 4.27. The molecule has 0 unspecified atom stereocenters. The molecule has 0 bridgehead atoms. The summed E-state index contributed by atoms with van der Waals surface area (Å²) in [6, 6.07) is 3.61. The van der Waals surface area contributed by atoms with E-state index in [1.807, 2.05) is 0 Å². The fraction of sp³-hybridized carbons (Fsp3) is 0.455. The highest BCUT2D eigenvalue weighted by molar-refractivity contribution is 7.89. The summed E-state index contributed by atoms with van der Waals surface area (Å²) >= 11 is 0. The Morgan fingerprint density at radius 3 is 2.42 bits per heavy atom. The molecule has 1 rings (SSSR count). The van der Waals surface area contributed by atoms with E-state index in [-0.39, 0.29) is 17.1 Å². The minimum Gasteiger partial charge on any atom is -0.324 e. The lowest BCUT2D eigenvalue weighted by molar-refractivity contribution is -0.385. The van der Waals surface area contributed by atoms with E-state index in [4.69, 9.17) is 5.73 Å². The molecule has 0 aliphatic rings. The molecule has 0 radical (unpaired) electrons. The summed E-state index contributed by atoms with van der Waals surface area (Å²) in [6.07, 6.45) is 0. The first-order valence-electron chi connectivity index (χ1n) is 5.56. The maximum Gasteiger partial charge on any atom is 0.269 e. The van der Waals surface area contributed by atoms with Crippen LogP contribution in [0.1, 0.15) is 19.4 Å². The maximum absolute atomic E-state index is 12.0. The zero-order valence-corrected chi connectivity index (χ0v) is 11.8. The fourth-order valence-electron chi connectivity index (χ4n) is 1.41. The molecule has 0 saturated heterocycles. The van der Waals surface area contributed by atoms with E-state index in [9.17, 15) is 18.5 Å². The zero-order chi connectivity index (χ0) is 14.8. The monoisotopic (exact) mass is 287 g/mol. The second kappa shape index (κ2) is 5.24. The minimum atomic E-state index is -3.72. The molecule has 0 fully saturated rings. The van der Waals surface area contributed by atoms with E-state index in [2.05, 4.69) is 4.72 Å². The van der Waals surface area contributed by atoms with Gasteiger partial charge in [0.2, 0.25) is 10.0 Å². The van der Waals surface area contributed by atoms with Crippen molar-refractivity contribution in [2.75, 3.05) is 6.54 Å². The molecule has 0 aromatic heterocycles. The van der Waals surface area contributed by atoms with E-state index in [1.54, 1.807) is 13.8 Å². The van der Waals surface area contributed by atoms with Gasteiger partial charge >= 0.3 is 0 Å². The number of sulfonamides is 1. The number of hydrogen-bond acceptors (Lipinski definition) is 5. The number of nitrogens with two attached hydrogens (primary N) is 1. The quantitative estimate of drug-likeness (QED) is 0.617. The Bertz CT molecular complexity index is 590. The predicted molar refractivity (Wildman–Crippen MR) is 71.3 cm³/mol. The van der Waals surface area contributed by atoms with Crippen LogP contribution < -0.4 is 10.5 Å². The standard InChI is InChI=1S/C11H17N3O4S/c1-8-6-9(14(15)16)4-5-10(8)19(17,18)13-7-11(2,3)12/h4-6,13H,7,12H2,1-3H3. The van der Waals surface area contributed by atoms with Gasteiger partial charge in [-0.3, -0.25) is 10.1 Å². The van der Waals surface area contributed by atoms with Gasteiger partial charge in [-0.25, -0.2) is 13.1 Å². The van der Waals surface area contributed by atoms with Gasteiger partial charge in [0.1, 0.15) is 0 Å². The van der Waals surface area contributed by atoms with Crippen LogP contribution in [-0.4, -0.2) is 25.4 Å². The molecule has 0 heterocycles. The third-order valence-electron chi connectivity index (χ3n) is 2.38. The molecule has 19 heavy (non-hydrogen) atoms. The van der Waals surface area contributed by atoms with E-state index in [0.717, 1.165) is 6.07 Å². The van der Waals surface area contributed by atoms with Crippen LogP contribution in [-0.2, 0) is 10.0 Å². The molecule has 0 amide bonds. The molecule has 0 aliphatic carbocycles. The number of nitrogens with one attached hydrogen (secondary N) is 1. The van der Waals surface area contributed by atoms with Crippen molar-refractivity contribution in [3.63, 3.8) is 0 Å². The van der Waals surface area contributed by atoms with Crippen LogP contribution in [0.25, 0.3) is 0 Å². The summed E-state index contributed by atoms with van der Waals surface area (Å²) in [5.74, 6) is 0. The topological polar surface area (TPSA) is 115 Å². The van der Waals surface area contributed by atoms with Gasteiger partial charge in [0.25, 0.3) is 5.69 Å². The summed E-state index contributed by atoms with van der Waals surface area (Å²) < 4.78 is 26.5. The van der Waals surface area contributed by atoms with Crippen molar-refractivity contribution in [2.45, 2.75) is 31.2 Å². The number of hydrogen-bond donors (Lipinski definition) is 2. The van der Waals surface area contributed by atoms with Crippen LogP contribution in [0.5, 0.6) is 0 Å². The van der Waals surface area contributed by atoms with Crippen molar-refractivity contribution >= 4 is 15.7 Å². The average Bonchev–Trinajstić information content (AvgIpc) is 2.25. The molecular weight excluding hydrogens is 270 g/mol. The summed E-state index contributed by atoms with van der Waals surface area (Å²) in [6.45, 7) is 4.97. The largest absolute Gasteiger partial charge is 0.324 e. The van der Waals surface area contributed by atoms with Crippen molar-refractivity contribution < 1.29 is 13.3 Å². The first-order chi connectivity index (χ1) is 8.53. The summed E-state index contributed by atoms with van der Waals surface area (Å²) in [4.78, 5) is 10.0. The zero-order valence-electron chi connectivity index (χ0n) is 11.0. The van der Waals surface area contributed by atoms with E-state index < -0.39 is 20.5 Å². The highest BCUT2D eigenvalue weighted by atomic mass is 32.2. The maximum atomic E-state index is 12.0. The SMILES string of the molecule is Cc1cc([N+](=O)[O-])ccc1S(=O)(=O)NCC(C)(C)N.